The number of hydrogen-bond donors (Lipinski definition) is 1. The predicted octanol–water partition coefficient (Wildman–Crippen LogP) is 3.49. The highest BCUT2D eigenvalue weighted by Crippen LogP contribution is 2.50. The number of hydrogen-bond acceptors (Lipinski definition) is 3. The molecule has 1 heterocycles. The zero-order chi connectivity index (χ0) is 13.5. The van der Waals surface area contributed by atoms with Gasteiger partial charge in [-0.1, -0.05) is 12.5 Å². The first-order valence-corrected chi connectivity index (χ1v) is 7.68. The topological polar surface area (TPSA) is 46.0 Å². The third-order valence-electron chi connectivity index (χ3n) is 5.29. The first kappa shape index (κ1) is 12.3. The molecule has 1 aromatic carbocycles. The van der Waals surface area contributed by atoms with Crippen LogP contribution in [0, 0.1) is 17.8 Å². The Bertz CT molecular complexity index is 627. The molecule has 2 fully saturated rings. The molecule has 1 aromatic heterocycles. The highest BCUT2D eigenvalue weighted by Gasteiger charge is 2.40. The summed E-state index contributed by atoms with van der Waals surface area (Å²) in [5, 5.41) is 10.5. The van der Waals surface area contributed by atoms with Gasteiger partial charge in [0.1, 0.15) is 0 Å². The van der Waals surface area contributed by atoms with Crippen LogP contribution in [0.25, 0.3) is 11.0 Å². The average molecular weight is 268 g/mol. The van der Waals surface area contributed by atoms with Gasteiger partial charge in [-0.3, -0.25) is 9.97 Å². The quantitative estimate of drug-likeness (QED) is 0.926. The lowest BCUT2D eigenvalue weighted by molar-refractivity contribution is 0.125. The minimum absolute atomic E-state index is 0.356. The Morgan fingerprint density at radius 3 is 2.70 bits per heavy atom. The van der Waals surface area contributed by atoms with Crippen LogP contribution in [-0.4, -0.2) is 15.1 Å². The average Bonchev–Trinajstić information content (AvgIpc) is 3.09. The van der Waals surface area contributed by atoms with Crippen molar-refractivity contribution in [1.82, 2.24) is 9.97 Å². The van der Waals surface area contributed by atoms with Gasteiger partial charge < -0.3 is 5.11 Å². The van der Waals surface area contributed by atoms with E-state index >= 15 is 0 Å². The third kappa shape index (κ3) is 2.10. The fourth-order valence-electron chi connectivity index (χ4n) is 4.28. The molecule has 4 atom stereocenters. The third-order valence-corrected chi connectivity index (χ3v) is 5.29. The SMILES string of the molecule is OC(CC1CC2CCC1C2)c1ccc2nccnc2c1. The first-order valence-electron chi connectivity index (χ1n) is 7.68. The Morgan fingerprint density at radius 2 is 1.95 bits per heavy atom. The van der Waals surface area contributed by atoms with Gasteiger partial charge in [-0.15, -0.1) is 0 Å². The van der Waals surface area contributed by atoms with Crippen LogP contribution in [0.1, 0.15) is 43.8 Å². The van der Waals surface area contributed by atoms with E-state index in [0.717, 1.165) is 40.8 Å². The molecule has 0 saturated heterocycles. The summed E-state index contributed by atoms with van der Waals surface area (Å²) in [4.78, 5) is 8.59. The zero-order valence-corrected chi connectivity index (χ0v) is 11.6. The fraction of sp³-hybridized carbons (Fsp3) is 0.529. The molecule has 1 N–H and O–H groups in total. The van der Waals surface area contributed by atoms with Gasteiger partial charge in [-0.05, 0) is 61.1 Å². The van der Waals surface area contributed by atoms with E-state index in [0.29, 0.717) is 0 Å². The lowest BCUT2D eigenvalue weighted by Crippen LogP contribution is -2.14. The molecular formula is C17H20N2O. The molecule has 20 heavy (non-hydrogen) atoms. The minimum Gasteiger partial charge on any atom is -0.388 e. The van der Waals surface area contributed by atoms with Gasteiger partial charge in [0.15, 0.2) is 0 Å². The first-order chi connectivity index (χ1) is 9.79. The molecule has 2 saturated carbocycles. The van der Waals surface area contributed by atoms with Gasteiger partial charge >= 0.3 is 0 Å². The minimum atomic E-state index is -0.356. The number of nitrogens with zero attached hydrogens (tertiary/aromatic N) is 2. The van der Waals surface area contributed by atoms with Crippen molar-refractivity contribution < 1.29 is 5.11 Å². The summed E-state index contributed by atoms with van der Waals surface area (Å²) in [5.41, 5.74) is 2.75. The maximum atomic E-state index is 10.5. The fourth-order valence-corrected chi connectivity index (χ4v) is 4.28. The van der Waals surface area contributed by atoms with Crippen molar-refractivity contribution >= 4 is 11.0 Å². The molecule has 4 unspecified atom stereocenters. The summed E-state index contributed by atoms with van der Waals surface area (Å²) in [6.07, 6.45) is 9.49. The van der Waals surface area contributed by atoms with Crippen LogP contribution in [0.15, 0.2) is 30.6 Å². The Labute approximate surface area is 119 Å². The normalized spacial score (nSPS) is 29.9. The second kappa shape index (κ2) is 4.81. The Kier molecular flexibility index (Phi) is 2.95. The standard InChI is InChI=1S/C17H20N2O/c20-17(10-14-8-11-1-2-12(14)7-11)13-3-4-15-16(9-13)19-6-5-18-15/h3-6,9,11-12,14,17,20H,1-2,7-8,10H2. The molecule has 2 aromatic rings. The summed E-state index contributed by atoms with van der Waals surface area (Å²) in [6.45, 7) is 0. The van der Waals surface area contributed by atoms with Crippen LogP contribution in [0.4, 0.5) is 0 Å². The van der Waals surface area contributed by atoms with Gasteiger partial charge in [0.05, 0.1) is 17.1 Å². The Morgan fingerprint density at radius 1 is 1.10 bits per heavy atom. The predicted molar refractivity (Wildman–Crippen MR) is 78.1 cm³/mol. The molecule has 2 aliphatic rings. The van der Waals surface area contributed by atoms with Crippen LogP contribution in [0.5, 0.6) is 0 Å². The largest absolute Gasteiger partial charge is 0.388 e. The Hall–Kier alpha value is -1.48. The van der Waals surface area contributed by atoms with E-state index in [1.54, 1.807) is 12.4 Å². The van der Waals surface area contributed by atoms with Crippen molar-refractivity contribution in [1.29, 1.82) is 0 Å². The highest BCUT2D eigenvalue weighted by atomic mass is 16.3. The molecule has 0 aliphatic heterocycles. The number of aromatic nitrogens is 2. The summed E-state index contributed by atoms with van der Waals surface area (Å²) in [5.74, 6) is 2.54. The van der Waals surface area contributed by atoms with E-state index in [4.69, 9.17) is 0 Å². The van der Waals surface area contributed by atoms with Gasteiger partial charge in [0.25, 0.3) is 0 Å². The number of aliphatic hydroxyl groups is 1. The van der Waals surface area contributed by atoms with Crippen LogP contribution < -0.4 is 0 Å². The smallest absolute Gasteiger partial charge is 0.0890 e. The van der Waals surface area contributed by atoms with Crippen molar-refractivity contribution in [3.05, 3.63) is 36.2 Å². The van der Waals surface area contributed by atoms with Gasteiger partial charge in [-0.2, -0.15) is 0 Å². The van der Waals surface area contributed by atoms with Crippen molar-refractivity contribution in [3.63, 3.8) is 0 Å². The van der Waals surface area contributed by atoms with Crippen LogP contribution in [0.3, 0.4) is 0 Å². The highest BCUT2D eigenvalue weighted by molar-refractivity contribution is 5.74. The summed E-state index contributed by atoms with van der Waals surface area (Å²) in [6, 6.07) is 5.94. The lowest BCUT2D eigenvalue weighted by atomic mass is 9.83. The van der Waals surface area contributed by atoms with E-state index < -0.39 is 0 Å². The van der Waals surface area contributed by atoms with Crippen LogP contribution in [-0.2, 0) is 0 Å². The maximum Gasteiger partial charge on any atom is 0.0890 e. The summed E-state index contributed by atoms with van der Waals surface area (Å²) < 4.78 is 0. The number of rotatable bonds is 3. The van der Waals surface area contributed by atoms with Gasteiger partial charge in [-0.25, -0.2) is 0 Å². The van der Waals surface area contributed by atoms with E-state index in [2.05, 4.69) is 9.97 Å². The molecular weight excluding hydrogens is 248 g/mol. The maximum absolute atomic E-state index is 10.5. The molecule has 104 valence electrons. The molecule has 3 heteroatoms. The van der Waals surface area contributed by atoms with Gasteiger partial charge in [0, 0.05) is 12.4 Å². The van der Waals surface area contributed by atoms with E-state index in [1.165, 1.54) is 25.7 Å². The molecule has 0 spiro atoms. The lowest BCUT2D eigenvalue weighted by Gasteiger charge is -2.24. The van der Waals surface area contributed by atoms with E-state index in [9.17, 15) is 5.11 Å². The molecule has 0 radical (unpaired) electrons. The molecule has 4 rings (SSSR count). The van der Waals surface area contributed by atoms with Crippen molar-refractivity contribution in [2.45, 2.75) is 38.2 Å². The second-order valence-corrected chi connectivity index (χ2v) is 6.49. The monoisotopic (exact) mass is 268 g/mol. The molecule has 2 bridgehead atoms. The van der Waals surface area contributed by atoms with E-state index in [-0.39, 0.29) is 6.10 Å². The molecule has 3 nitrogen and oxygen atoms in total. The van der Waals surface area contributed by atoms with Crippen molar-refractivity contribution in [2.75, 3.05) is 0 Å². The molecule has 0 amide bonds. The van der Waals surface area contributed by atoms with Crippen molar-refractivity contribution in [3.8, 4) is 0 Å². The number of benzene rings is 1. The zero-order valence-electron chi connectivity index (χ0n) is 11.6. The van der Waals surface area contributed by atoms with Crippen LogP contribution >= 0.6 is 0 Å². The number of aliphatic hydroxyl groups excluding tert-OH is 1. The number of fused-ring (bicyclic) bond motifs is 3. The summed E-state index contributed by atoms with van der Waals surface area (Å²) in [7, 11) is 0. The molecule has 2 aliphatic carbocycles. The Balaban J connectivity index is 1.53. The van der Waals surface area contributed by atoms with Crippen LogP contribution in [0.2, 0.25) is 0 Å². The second-order valence-electron chi connectivity index (χ2n) is 6.49. The van der Waals surface area contributed by atoms with E-state index in [1.807, 2.05) is 18.2 Å². The van der Waals surface area contributed by atoms with Crippen molar-refractivity contribution in [2.24, 2.45) is 17.8 Å². The van der Waals surface area contributed by atoms with Gasteiger partial charge in [0.2, 0.25) is 0 Å². The summed E-state index contributed by atoms with van der Waals surface area (Å²) >= 11 is 0.